The van der Waals surface area contributed by atoms with E-state index in [1.54, 1.807) is 20.3 Å². The summed E-state index contributed by atoms with van der Waals surface area (Å²) in [5, 5.41) is 2.73. The summed E-state index contributed by atoms with van der Waals surface area (Å²) in [4.78, 5) is 24.4. The van der Waals surface area contributed by atoms with Crippen molar-refractivity contribution in [1.82, 2.24) is 5.32 Å². The Labute approximate surface area is 159 Å². The van der Waals surface area contributed by atoms with Crippen LogP contribution in [-0.4, -0.2) is 32.7 Å². The van der Waals surface area contributed by atoms with E-state index < -0.39 is 5.97 Å². The second-order valence-corrected chi connectivity index (χ2v) is 5.91. The van der Waals surface area contributed by atoms with Crippen molar-refractivity contribution in [2.45, 2.75) is 25.8 Å². The van der Waals surface area contributed by atoms with E-state index in [1.807, 2.05) is 49.4 Å². The van der Waals surface area contributed by atoms with Crippen LogP contribution >= 0.6 is 0 Å². The Kier molecular flexibility index (Phi) is 7.67. The number of nitrogens with one attached hydrogen (secondary N) is 1. The third-order valence-electron chi connectivity index (χ3n) is 4.20. The largest absolute Gasteiger partial charge is 0.493 e. The molecular weight excluding hydrogens is 346 g/mol. The Morgan fingerprint density at radius 2 is 1.74 bits per heavy atom. The molecule has 6 heteroatoms. The fourth-order valence-electron chi connectivity index (χ4n) is 2.80. The predicted molar refractivity (Wildman–Crippen MR) is 102 cm³/mol. The summed E-state index contributed by atoms with van der Waals surface area (Å²) in [5.41, 5.74) is 1.65. The van der Waals surface area contributed by atoms with Gasteiger partial charge in [0.15, 0.2) is 18.1 Å². The van der Waals surface area contributed by atoms with Crippen molar-refractivity contribution in [3.63, 3.8) is 0 Å². The summed E-state index contributed by atoms with van der Waals surface area (Å²) in [6.45, 7) is 1.83. The molecule has 0 spiro atoms. The summed E-state index contributed by atoms with van der Waals surface area (Å²) in [5.74, 6) is -0.0110. The van der Waals surface area contributed by atoms with Gasteiger partial charge in [-0.15, -0.1) is 0 Å². The van der Waals surface area contributed by atoms with Gasteiger partial charge < -0.3 is 19.5 Å². The molecule has 1 amide bonds. The van der Waals surface area contributed by atoms with Gasteiger partial charge in [0, 0.05) is 12.1 Å². The Bertz CT molecular complexity index is 760. The number of carbonyl (C=O) groups is 2. The number of rotatable bonds is 9. The minimum atomic E-state index is -0.405. The molecule has 0 aliphatic heterocycles. The lowest BCUT2D eigenvalue weighted by Crippen LogP contribution is -2.29. The molecule has 0 bridgehead atoms. The second-order valence-electron chi connectivity index (χ2n) is 5.91. The van der Waals surface area contributed by atoms with Gasteiger partial charge >= 0.3 is 5.97 Å². The quantitative estimate of drug-likeness (QED) is 0.686. The summed E-state index contributed by atoms with van der Waals surface area (Å²) in [6, 6.07) is 14.8. The Morgan fingerprint density at radius 3 is 2.37 bits per heavy atom. The molecule has 1 atom stereocenters. The van der Waals surface area contributed by atoms with Crippen molar-refractivity contribution in [3.05, 3.63) is 59.7 Å². The highest BCUT2D eigenvalue weighted by molar-refractivity contribution is 5.83. The van der Waals surface area contributed by atoms with Gasteiger partial charge in [-0.25, -0.2) is 0 Å². The molecule has 144 valence electrons. The number of methoxy groups -OCH3 is 2. The minimum Gasteiger partial charge on any atom is -0.493 e. The fraction of sp³-hybridized carbons (Fsp3) is 0.333. The lowest BCUT2D eigenvalue weighted by molar-refractivity contribution is -0.150. The number of amides is 1. The molecule has 2 rings (SSSR count). The molecule has 2 aromatic carbocycles. The van der Waals surface area contributed by atoms with Gasteiger partial charge in [0.25, 0.3) is 5.91 Å². The van der Waals surface area contributed by atoms with E-state index in [0.717, 1.165) is 11.1 Å². The third kappa shape index (κ3) is 5.48. The molecule has 0 radical (unpaired) electrons. The minimum absolute atomic E-state index is 0.243. The van der Waals surface area contributed by atoms with E-state index in [2.05, 4.69) is 5.32 Å². The first-order chi connectivity index (χ1) is 13.1. The number of ether oxygens (including phenoxy) is 3. The topological polar surface area (TPSA) is 73.9 Å². The summed E-state index contributed by atoms with van der Waals surface area (Å²) in [6.07, 6.45) is 0.603. The van der Waals surface area contributed by atoms with Gasteiger partial charge in [-0.2, -0.15) is 0 Å². The van der Waals surface area contributed by atoms with Crippen molar-refractivity contribution in [2.75, 3.05) is 20.8 Å². The van der Waals surface area contributed by atoms with Crippen molar-refractivity contribution in [2.24, 2.45) is 0 Å². The van der Waals surface area contributed by atoms with Crippen LogP contribution < -0.4 is 14.8 Å². The molecule has 1 N–H and O–H groups in total. The highest BCUT2D eigenvalue weighted by atomic mass is 16.5. The molecule has 0 fully saturated rings. The van der Waals surface area contributed by atoms with Crippen molar-refractivity contribution in [3.8, 4) is 11.5 Å². The highest BCUT2D eigenvalue weighted by Gasteiger charge is 2.21. The van der Waals surface area contributed by atoms with Crippen LogP contribution in [0.3, 0.4) is 0 Å². The number of esters is 1. The van der Waals surface area contributed by atoms with E-state index in [9.17, 15) is 9.59 Å². The van der Waals surface area contributed by atoms with Crippen LogP contribution in [0.25, 0.3) is 0 Å². The zero-order chi connectivity index (χ0) is 19.6. The van der Waals surface area contributed by atoms with Gasteiger partial charge in [-0.05, 0) is 18.1 Å². The van der Waals surface area contributed by atoms with E-state index >= 15 is 0 Å². The lowest BCUT2D eigenvalue weighted by Gasteiger charge is -2.15. The molecule has 0 aliphatic carbocycles. The first-order valence-corrected chi connectivity index (χ1v) is 8.78. The summed E-state index contributed by atoms with van der Waals surface area (Å²) in [7, 11) is 3.09. The highest BCUT2D eigenvalue weighted by Crippen LogP contribution is 2.30. The molecule has 0 heterocycles. The number of benzene rings is 2. The van der Waals surface area contributed by atoms with Gasteiger partial charge in [0.05, 0.1) is 20.1 Å². The number of hydrogen-bond acceptors (Lipinski definition) is 5. The first-order valence-electron chi connectivity index (χ1n) is 8.78. The Hall–Kier alpha value is -3.02. The smallest absolute Gasteiger partial charge is 0.313 e. The Balaban J connectivity index is 1.88. The van der Waals surface area contributed by atoms with Crippen LogP contribution in [0.15, 0.2) is 48.5 Å². The van der Waals surface area contributed by atoms with Crippen LogP contribution in [0, 0.1) is 0 Å². The van der Waals surface area contributed by atoms with Crippen LogP contribution in [0.2, 0.25) is 0 Å². The number of carbonyl (C=O) groups excluding carboxylic acids is 2. The molecular formula is C21H25NO5. The second kappa shape index (κ2) is 10.2. The zero-order valence-electron chi connectivity index (χ0n) is 15.9. The Morgan fingerprint density at radius 1 is 1.00 bits per heavy atom. The molecule has 2 aromatic rings. The standard InChI is InChI=1S/C21H25NO5/c1-4-17(15-9-6-5-7-10-15)21(24)27-14-19(23)22-13-16-11-8-12-18(25-2)20(16)26-3/h5-12,17H,4,13-14H2,1-3H3,(H,22,23)/t17-/m1/s1. The van der Waals surface area contributed by atoms with E-state index in [4.69, 9.17) is 14.2 Å². The maximum atomic E-state index is 12.3. The van der Waals surface area contributed by atoms with Crippen LogP contribution in [0.5, 0.6) is 11.5 Å². The average Bonchev–Trinajstić information content (AvgIpc) is 2.71. The van der Waals surface area contributed by atoms with Gasteiger partial charge in [-0.1, -0.05) is 49.4 Å². The number of para-hydroxylation sites is 1. The van der Waals surface area contributed by atoms with Crippen molar-refractivity contribution < 1.29 is 23.8 Å². The first kappa shape index (κ1) is 20.3. The third-order valence-corrected chi connectivity index (χ3v) is 4.20. The summed E-state index contributed by atoms with van der Waals surface area (Å²) >= 11 is 0. The maximum absolute atomic E-state index is 12.3. The molecule has 0 aromatic heterocycles. The lowest BCUT2D eigenvalue weighted by atomic mass is 9.97. The van der Waals surface area contributed by atoms with Crippen LogP contribution in [0.4, 0.5) is 0 Å². The normalized spacial score (nSPS) is 11.4. The van der Waals surface area contributed by atoms with Crippen molar-refractivity contribution in [1.29, 1.82) is 0 Å². The summed E-state index contributed by atoms with van der Waals surface area (Å²) < 4.78 is 15.8. The van der Waals surface area contributed by atoms with E-state index in [1.165, 1.54) is 0 Å². The van der Waals surface area contributed by atoms with E-state index in [-0.39, 0.29) is 25.0 Å². The van der Waals surface area contributed by atoms with E-state index in [0.29, 0.717) is 17.9 Å². The average molecular weight is 371 g/mol. The molecule has 0 saturated heterocycles. The predicted octanol–water partition coefficient (Wildman–Crippen LogP) is 3.06. The van der Waals surface area contributed by atoms with Crippen LogP contribution in [0.1, 0.15) is 30.4 Å². The van der Waals surface area contributed by atoms with Crippen LogP contribution in [-0.2, 0) is 20.9 Å². The zero-order valence-corrected chi connectivity index (χ0v) is 15.9. The SMILES string of the molecule is CC[C@@H](C(=O)OCC(=O)NCc1cccc(OC)c1OC)c1ccccc1. The fourth-order valence-corrected chi connectivity index (χ4v) is 2.80. The molecule has 0 unspecified atom stereocenters. The molecule has 27 heavy (non-hydrogen) atoms. The maximum Gasteiger partial charge on any atom is 0.313 e. The van der Waals surface area contributed by atoms with Gasteiger partial charge in [0.2, 0.25) is 0 Å². The number of hydrogen-bond donors (Lipinski definition) is 1. The molecule has 0 aliphatic rings. The van der Waals surface area contributed by atoms with Gasteiger partial charge in [0.1, 0.15) is 0 Å². The molecule has 6 nitrogen and oxygen atoms in total. The van der Waals surface area contributed by atoms with Crippen molar-refractivity contribution >= 4 is 11.9 Å². The van der Waals surface area contributed by atoms with Gasteiger partial charge in [-0.3, -0.25) is 9.59 Å². The monoisotopic (exact) mass is 371 g/mol. The molecule has 0 saturated carbocycles.